The number of nitrogens with zero attached hydrogens (tertiary/aromatic N) is 3. The van der Waals surface area contributed by atoms with Crippen molar-refractivity contribution < 1.29 is 13.2 Å². The van der Waals surface area contributed by atoms with Crippen LogP contribution in [0.3, 0.4) is 0 Å². The fourth-order valence-electron chi connectivity index (χ4n) is 1.42. The quantitative estimate of drug-likeness (QED) is 0.532. The molecular weight excluding hydrogens is 242 g/mol. The van der Waals surface area contributed by atoms with Crippen molar-refractivity contribution in [3.05, 3.63) is 17.5 Å². The van der Waals surface area contributed by atoms with Gasteiger partial charge in [0.1, 0.15) is 0 Å². The number of carbonyl (C=O) groups excluding carboxylic acids is 1. The Kier molecular flexibility index (Phi) is 2.23. The van der Waals surface area contributed by atoms with Crippen molar-refractivity contribution in [3.63, 3.8) is 0 Å². The highest BCUT2D eigenvalue weighted by molar-refractivity contribution is 7.89. The molecule has 8 heteroatoms. The highest BCUT2D eigenvalue weighted by Gasteiger charge is 2.26. The first-order valence-corrected chi connectivity index (χ1v) is 6.33. The molecule has 2 heterocycles. The zero-order chi connectivity index (χ0) is 11.2. The van der Waals surface area contributed by atoms with Crippen LogP contribution in [0.25, 0.3) is 0 Å². The maximum absolute atomic E-state index is 11.1. The third kappa shape index (κ3) is 1.84. The van der Waals surface area contributed by atoms with Gasteiger partial charge in [-0.3, -0.25) is 4.79 Å². The molecule has 2 rings (SSSR count). The Bertz CT molecular complexity index is 498. The van der Waals surface area contributed by atoms with Crippen LogP contribution >= 0.6 is 11.6 Å². The van der Waals surface area contributed by atoms with E-state index in [-0.39, 0.29) is 6.54 Å². The van der Waals surface area contributed by atoms with Crippen molar-refractivity contribution in [2.75, 3.05) is 6.26 Å². The number of fused-ring (bicyclic) bond motifs is 1. The van der Waals surface area contributed by atoms with Crippen LogP contribution in [0, 0.1) is 0 Å². The first-order valence-electron chi connectivity index (χ1n) is 4.10. The van der Waals surface area contributed by atoms with E-state index < -0.39 is 15.4 Å². The van der Waals surface area contributed by atoms with E-state index in [4.69, 9.17) is 11.6 Å². The van der Waals surface area contributed by atoms with E-state index in [1.807, 2.05) is 0 Å². The fourth-order valence-corrected chi connectivity index (χ4v) is 2.11. The highest BCUT2D eigenvalue weighted by Crippen LogP contribution is 2.22. The van der Waals surface area contributed by atoms with Crippen LogP contribution in [0.2, 0.25) is 0 Å². The number of amides is 1. The number of carbonyl (C=O) groups is 1. The van der Waals surface area contributed by atoms with Gasteiger partial charge in [0.15, 0.2) is 0 Å². The Morgan fingerprint density at radius 3 is 2.67 bits per heavy atom. The van der Waals surface area contributed by atoms with Crippen molar-refractivity contribution in [3.8, 4) is 0 Å². The molecule has 0 saturated heterocycles. The van der Waals surface area contributed by atoms with Crippen LogP contribution in [-0.4, -0.2) is 34.1 Å². The molecule has 1 aliphatic rings. The summed E-state index contributed by atoms with van der Waals surface area (Å²) in [6.07, 6.45) is 2.48. The number of hydrogen-bond acceptors (Lipinski definition) is 4. The molecule has 0 fully saturated rings. The second-order valence-electron chi connectivity index (χ2n) is 3.35. The lowest BCUT2D eigenvalue weighted by Gasteiger charge is -2.09. The van der Waals surface area contributed by atoms with E-state index in [2.05, 4.69) is 5.10 Å². The zero-order valence-electron chi connectivity index (χ0n) is 7.84. The second-order valence-corrected chi connectivity index (χ2v) is 5.51. The molecule has 15 heavy (non-hydrogen) atoms. The van der Waals surface area contributed by atoms with Gasteiger partial charge < -0.3 is 4.90 Å². The third-order valence-corrected chi connectivity index (χ3v) is 3.25. The third-order valence-electron chi connectivity index (χ3n) is 2.15. The van der Waals surface area contributed by atoms with Crippen LogP contribution < -0.4 is 0 Å². The van der Waals surface area contributed by atoms with Gasteiger partial charge in [-0.25, -0.2) is 8.42 Å². The van der Waals surface area contributed by atoms with Crippen LogP contribution in [-0.2, 0) is 23.1 Å². The summed E-state index contributed by atoms with van der Waals surface area (Å²) in [5, 5.41) is 3.31. The molecule has 82 valence electrons. The minimum Gasteiger partial charge on any atom is -0.319 e. The summed E-state index contributed by atoms with van der Waals surface area (Å²) in [4.78, 5) is 12.2. The van der Waals surface area contributed by atoms with E-state index in [9.17, 15) is 13.2 Å². The van der Waals surface area contributed by atoms with Gasteiger partial charge in [-0.2, -0.15) is 9.19 Å². The SMILES string of the molecule is CS(=O)(=O)n1cc2c(n1)CN(C(=O)Cl)C2. The Hall–Kier alpha value is -1.08. The second kappa shape index (κ2) is 3.21. The molecule has 6 nitrogen and oxygen atoms in total. The van der Waals surface area contributed by atoms with Gasteiger partial charge in [-0.1, -0.05) is 0 Å². The van der Waals surface area contributed by atoms with Crippen molar-refractivity contribution in [1.29, 1.82) is 0 Å². The van der Waals surface area contributed by atoms with Crippen molar-refractivity contribution in [2.45, 2.75) is 13.1 Å². The Morgan fingerprint density at radius 2 is 2.20 bits per heavy atom. The van der Waals surface area contributed by atoms with Gasteiger partial charge in [-0.05, 0) is 11.6 Å². The Morgan fingerprint density at radius 1 is 1.53 bits per heavy atom. The summed E-state index contributed by atoms with van der Waals surface area (Å²) in [6, 6.07) is 0. The standard InChI is InChI=1S/C7H8ClN3O3S/c1-15(13,14)11-3-5-2-10(7(8)12)4-6(5)9-11/h3H,2,4H2,1H3. The topological polar surface area (TPSA) is 72.3 Å². The highest BCUT2D eigenvalue weighted by atomic mass is 35.5. The molecule has 0 bridgehead atoms. The Labute approximate surface area is 91.5 Å². The fraction of sp³-hybridized carbons (Fsp3) is 0.429. The lowest BCUT2D eigenvalue weighted by molar-refractivity contribution is 0.222. The molecule has 0 radical (unpaired) electrons. The first kappa shape index (κ1) is 10.4. The van der Waals surface area contributed by atoms with Crippen LogP contribution in [0.15, 0.2) is 6.20 Å². The van der Waals surface area contributed by atoms with Crippen molar-refractivity contribution in [2.24, 2.45) is 0 Å². The molecule has 0 unspecified atom stereocenters. The van der Waals surface area contributed by atoms with E-state index in [0.717, 1.165) is 15.9 Å². The van der Waals surface area contributed by atoms with E-state index in [1.165, 1.54) is 11.1 Å². The van der Waals surface area contributed by atoms with Gasteiger partial charge in [0.25, 0.3) is 10.0 Å². The predicted octanol–water partition coefficient (Wildman–Crippen LogP) is 0.365. The largest absolute Gasteiger partial charge is 0.319 e. The minimum atomic E-state index is -3.35. The number of halogens is 1. The van der Waals surface area contributed by atoms with Crippen LogP contribution in [0.4, 0.5) is 4.79 Å². The summed E-state index contributed by atoms with van der Waals surface area (Å²) in [7, 11) is -3.35. The predicted molar refractivity (Wildman–Crippen MR) is 53.0 cm³/mol. The lowest BCUT2D eigenvalue weighted by Crippen LogP contribution is -2.20. The van der Waals surface area contributed by atoms with Gasteiger partial charge in [0, 0.05) is 11.8 Å². The van der Waals surface area contributed by atoms with E-state index >= 15 is 0 Å². The molecule has 0 N–H and O–H groups in total. The molecule has 0 spiro atoms. The van der Waals surface area contributed by atoms with Gasteiger partial charge in [0.05, 0.1) is 25.0 Å². The van der Waals surface area contributed by atoms with Gasteiger partial charge in [-0.15, -0.1) is 0 Å². The van der Waals surface area contributed by atoms with E-state index in [0.29, 0.717) is 12.2 Å². The molecule has 1 aliphatic heterocycles. The average molecular weight is 250 g/mol. The number of hydrogen-bond donors (Lipinski definition) is 0. The summed E-state index contributed by atoms with van der Waals surface area (Å²) in [6.45, 7) is 0.577. The van der Waals surface area contributed by atoms with Crippen LogP contribution in [0.5, 0.6) is 0 Å². The molecule has 0 aliphatic carbocycles. The number of rotatable bonds is 1. The molecule has 1 aromatic rings. The summed E-state index contributed by atoms with van der Waals surface area (Å²) in [5.74, 6) is 0. The zero-order valence-corrected chi connectivity index (χ0v) is 9.42. The normalized spacial score (nSPS) is 15.5. The first-order chi connectivity index (χ1) is 6.88. The van der Waals surface area contributed by atoms with Gasteiger partial charge >= 0.3 is 5.37 Å². The van der Waals surface area contributed by atoms with Crippen LogP contribution in [0.1, 0.15) is 11.3 Å². The molecule has 0 saturated carbocycles. The van der Waals surface area contributed by atoms with Gasteiger partial charge in [0.2, 0.25) is 0 Å². The molecular formula is C7H8ClN3O3S. The molecule has 1 aromatic heterocycles. The summed E-state index contributed by atoms with van der Waals surface area (Å²) in [5.41, 5.74) is 1.30. The van der Waals surface area contributed by atoms with Crippen molar-refractivity contribution >= 4 is 27.0 Å². The van der Waals surface area contributed by atoms with E-state index in [1.54, 1.807) is 0 Å². The smallest absolute Gasteiger partial charge is 0.317 e. The summed E-state index contributed by atoms with van der Waals surface area (Å²) >= 11 is 5.29. The molecule has 0 aromatic carbocycles. The maximum atomic E-state index is 11.1. The number of aromatic nitrogens is 2. The lowest BCUT2D eigenvalue weighted by atomic mass is 10.3. The van der Waals surface area contributed by atoms with Crippen molar-refractivity contribution in [1.82, 2.24) is 14.1 Å². The molecule has 0 atom stereocenters. The Balaban J connectivity index is 2.31. The maximum Gasteiger partial charge on any atom is 0.317 e. The molecule has 1 amide bonds. The minimum absolute atomic E-state index is 0.264. The summed E-state index contributed by atoms with van der Waals surface area (Å²) < 4.78 is 23.2. The average Bonchev–Trinajstić information content (AvgIpc) is 2.55. The monoisotopic (exact) mass is 249 g/mol.